The van der Waals surface area contributed by atoms with Crippen molar-refractivity contribution in [2.24, 2.45) is 11.7 Å². The Morgan fingerprint density at radius 1 is 0.962 bits per heavy atom. The van der Waals surface area contributed by atoms with Crippen LogP contribution in [0.15, 0.2) is 53.3 Å². The molecule has 1 rings (SSSR count). The topological polar surface area (TPSA) is 118 Å². The highest BCUT2D eigenvalue weighted by molar-refractivity contribution is 7.92. The number of rotatable bonds is 10. The Labute approximate surface area is 156 Å². The molecule has 0 aliphatic carbocycles. The lowest BCUT2D eigenvalue weighted by atomic mass is 10.1. The van der Waals surface area contributed by atoms with E-state index in [1.54, 1.807) is 20.8 Å². The second-order valence-electron chi connectivity index (χ2n) is 6.30. The predicted molar refractivity (Wildman–Crippen MR) is 105 cm³/mol. The van der Waals surface area contributed by atoms with Crippen molar-refractivity contribution in [3.05, 3.63) is 58.9 Å². The molecule has 0 unspecified atom stereocenters. The van der Waals surface area contributed by atoms with E-state index in [2.05, 4.69) is 9.44 Å². The van der Waals surface area contributed by atoms with Crippen molar-refractivity contribution < 1.29 is 16.8 Å². The van der Waals surface area contributed by atoms with Gasteiger partial charge in [0.25, 0.3) is 0 Å². The summed E-state index contributed by atoms with van der Waals surface area (Å²) in [5, 5.41) is 1.97. The summed E-state index contributed by atoms with van der Waals surface area (Å²) in [6, 6.07) is 8.02. The fraction of sp³-hybridized carbons (Fsp3) is 0.412. The monoisotopic (exact) mass is 401 g/mol. The number of hydrogen-bond donors (Lipinski definition) is 3. The minimum atomic E-state index is -3.72. The molecule has 0 bridgehead atoms. The molecule has 26 heavy (non-hydrogen) atoms. The third kappa shape index (κ3) is 9.25. The smallest absolute Gasteiger partial charge is 0.233 e. The van der Waals surface area contributed by atoms with Crippen LogP contribution in [0.2, 0.25) is 0 Å². The van der Waals surface area contributed by atoms with Crippen molar-refractivity contribution in [2.75, 3.05) is 0 Å². The summed E-state index contributed by atoms with van der Waals surface area (Å²) < 4.78 is 53.2. The van der Waals surface area contributed by atoms with Gasteiger partial charge in [-0.05, 0) is 18.4 Å². The molecule has 0 fully saturated rings. The van der Waals surface area contributed by atoms with E-state index in [9.17, 15) is 16.8 Å². The van der Waals surface area contributed by atoms with E-state index in [0.29, 0.717) is 0 Å². The van der Waals surface area contributed by atoms with E-state index in [4.69, 9.17) is 5.73 Å². The van der Waals surface area contributed by atoms with Crippen LogP contribution in [0.4, 0.5) is 0 Å². The molecule has 4 N–H and O–H groups in total. The van der Waals surface area contributed by atoms with E-state index >= 15 is 0 Å². The highest BCUT2D eigenvalue weighted by Crippen LogP contribution is 2.08. The lowest BCUT2D eigenvalue weighted by molar-refractivity contribution is 0.513. The minimum absolute atomic E-state index is 0.144. The number of nitrogens with one attached hydrogen (secondary N) is 2. The number of sulfonamides is 2. The fourth-order valence-electron chi connectivity index (χ4n) is 1.87. The summed E-state index contributed by atoms with van der Waals surface area (Å²) in [7, 11) is -7.41. The van der Waals surface area contributed by atoms with Crippen LogP contribution < -0.4 is 15.2 Å². The number of nitrogens with two attached hydrogens (primary N) is 1. The van der Waals surface area contributed by atoms with Gasteiger partial charge in [-0.25, -0.2) is 26.3 Å². The Morgan fingerprint density at radius 3 is 2.08 bits per heavy atom. The summed E-state index contributed by atoms with van der Waals surface area (Å²) in [4.78, 5) is 0. The molecule has 1 aromatic rings. The zero-order valence-corrected chi connectivity index (χ0v) is 16.8. The van der Waals surface area contributed by atoms with Gasteiger partial charge in [0.2, 0.25) is 20.0 Å². The zero-order chi connectivity index (χ0) is 19.8. The molecule has 2 atom stereocenters. The van der Waals surface area contributed by atoms with Crippen molar-refractivity contribution in [3.8, 4) is 0 Å². The first-order valence-electron chi connectivity index (χ1n) is 8.18. The molecular formula is C17H27N3O4S2. The molecule has 0 saturated carbocycles. The molecule has 0 spiro atoms. The van der Waals surface area contributed by atoms with Crippen LogP contribution in [0.1, 0.15) is 26.3 Å². The molecule has 0 radical (unpaired) electrons. The predicted octanol–water partition coefficient (Wildman–Crippen LogP) is 1.42. The Morgan fingerprint density at radius 2 is 1.54 bits per heavy atom. The third-order valence-electron chi connectivity index (χ3n) is 3.37. The van der Waals surface area contributed by atoms with Crippen LogP contribution in [0.5, 0.6) is 0 Å². The van der Waals surface area contributed by atoms with E-state index < -0.39 is 32.1 Å². The molecule has 0 saturated heterocycles. The Bertz CT molecular complexity index is 815. The zero-order valence-electron chi connectivity index (χ0n) is 15.2. The van der Waals surface area contributed by atoms with Crippen LogP contribution in [-0.2, 0) is 26.6 Å². The van der Waals surface area contributed by atoms with Crippen molar-refractivity contribution in [2.45, 2.75) is 39.4 Å². The molecule has 9 heteroatoms. The van der Waals surface area contributed by atoms with Crippen LogP contribution in [0.25, 0.3) is 0 Å². The van der Waals surface area contributed by atoms with Gasteiger partial charge in [0.1, 0.15) is 0 Å². The molecule has 0 aromatic heterocycles. The lowest BCUT2D eigenvalue weighted by Crippen LogP contribution is -2.36. The van der Waals surface area contributed by atoms with Gasteiger partial charge in [-0.2, -0.15) is 0 Å². The Kier molecular flexibility index (Phi) is 8.65. The Balaban J connectivity index is 2.79. The third-order valence-corrected chi connectivity index (χ3v) is 5.54. The van der Waals surface area contributed by atoms with Gasteiger partial charge < -0.3 is 5.73 Å². The first-order chi connectivity index (χ1) is 12.0. The average Bonchev–Trinajstić information content (AvgIpc) is 2.56. The van der Waals surface area contributed by atoms with Gasteiger partial charge in [0.15, 0.2) is 0 Å². The first kappa shape index (κ1) is 22.5. The van der Waals surface area contributed by atoms with Gasteiger partial charge in [0, 0.05) is 29.4 Å². The second-order valence-corrected chi connectivity index (χ2v) is 9.55. The fourth-order valence-corrected chi connectivity index (χ4v) is 3.97. The maximum absolute atomic E-state index is 12.1. The minimum Gasteiger partial charge on any atom is -0.325 e. The normalized spacial score (nSPS) is 15.7. The lowest BCUT2D eigenvalue weighted by Gasteiger charge is -2.17. The molecule has 7 nitrogen and oxygen atoms in total. The maximum Gasteiger partial charge on any atom is 0.233 e. The SMILES string of the molecule is CC(C)[C@@H](/C=C/S(=O)(=O)NCc1ccccc1)NS(=O)(=O)/C=C/[C@H](C)N. The van der Waals surface area contributed by atoms with Gasteiger partial charge in [-0.15, -0.1) is 0 Å². The van der Waals surface area contributed by atoms with Crippen molar-refractivity contribution in [1.82, 2.24) is 9.44 Å². The van der Waals surface area contributed by atoms with Crippen LogP contribution >= 0.6 is 0 Å². The summed E-state index contributed by atoms with van der Waals surface area (Å²) in [5.41, 5.74) is 6.33. The highest BCUT2D eigenvalue weighted by Gasteiger charge is 2.17. The van der Waals surface area contributed by atoms with Crippen LogP contribution in [0.3, 0.4) is 0 Å². The average molecular weight is 402 g/mol. The number of hydrogen-bond acceptors (Lipinski definition) is 5. The molecule has 0 aliphatic rings. The molecule has 146 valence electrons. The van der Waals surface area contributed by atoms with Crippen LogP contribution in [-0.4, -0.2) is 28.9 Å². The van der Waals surface area contributed by atoms with Crippen molar-refractivity contribution in [3.63, 3.8) is 0 Å². The van der Waals surface area contributed by atoms with Gasteiger partial charge in [0.05, 0.1) is 0 Å². The molecule has 1 aromatic carbocycles. The maximum atomic E-state index is 12.1. The van der Waals surface area contributed by atoms with E-state index in [1.165, 1.54) is 12.2 Å². The van der Waals surface area contributed by atoms with E-state index in [1.807, 2.05) is 30.3 Å². The summed E-state index contributed by atoms with van der Waals surface area (Å²) in [5.74, 6) is -0.144. The van der Waals surface area contributed by atoms with Gasteiger partial charge in [-0.3, -0.25) is 0 Å². The standard InChI is InChI=1S/C17H27N3O4S2/c1-14(2)17(20-26(23,24)11-9-15(3)18)10-12-25(21,22)19-13-16-7-5-4-6-8-16/h4-12,14-15,17,19-20H,13,18H2,1-3H3/b11-9+,12-10+/t15-,17+/m0/s1. The molecular weight excluding hydrogens is 374 g/mol. The van der Waals surface area contributed by atoms with Crippen molar-refractivity contribution in [1.29, 1.82) is 0 Å². The molecule has 0 aliphatic heterocycles. The molecule has 0 heterocycles. The largest absolute Gasteiger partial charge is 0.325 e. The van der Waals surface area contributed by atoms with Crippen molar-refractivity contribution >= 4 is 20.0 Å². The van der Waals surface area contributed by atoms with Gasteiger partial charge in [-0.1, -0.05) is 56.3 Å². The number of benzene rings is 1. The van der Waals surface area contributed by atoms with E-state index in [0.717, 1.165) is 16.4 Å². The Hall–Kier alpha value is -1.52. The first-order valence-corrected chi connectivity index (χ1v) is 11.3. The quantitative estimate of drug-likeness (QED) is 0.548. The molecule has 0 amide bonds. The second kappa shape index (κ2) is 9.98. The summed E-state index contributed by atoms with van der Waals surface area (Å²) >= 11 is 0. The highest BCUT2D eigenvalue weighted by atomic mass is 32.2. The van der Waals surface area contributed by atoms with Gasteiger partial charge >= 0.3 is 0 Å². The van der Waals surface area contributed by atoms with E-state index in [-0.39, 0.29) is 12.5 Å². The summed E-state index contributed by atoms with van der Waals surface area (Å²) in [6.45, 7) is 5.38. The van der Waals surface area contributed by atoms with Crippen LogP contribution in [0, 0.1) is 5.92 Å². The summed E-state index contributed by atoms with van der Waals surface area (Å²) in [6.07, 6.45) is 2.68.